The maximum absolute atomic E-state index is 11.0. The van der Waals surface area contributed by atoms with Gasteiger partial charge in [-0.05, 0) is 12.5 Å². The van der Waals surface area contributed by atoms with Crippen LogP contribution in [-0.2, 0) is 15.9 Å². The highest BCUT2D eigenvalue weighted by Crippen LogP contribution is 2.43. The summed E-state index contributed by atoms with van der Waals surface area (Å²) >= 11 is 1.52. The first-order chi connectivity index (χ1) is 14.1. The molecule has 1 atom stereocenters. The molecule has 2 saturated heterocycles. The first kappa shape index (κ1) is 19.0. The van der Waals surface area contributed by atoms with Crippen LogP contribution in [0.5, 0.6) is 5.88 Å². The number of rotatable bonds is 4. The van der Waals surface area contributed by atoms with Crippen molar-refractivity contribution in [1.82, 2.24) is 19.5 Å². The Morgan fingerprint density at radius 1 is 1.24 bits per heavy atom. The number of likely N-dealkylation sites (tertiary alicyclic amines) is 1. The van der Waals surface area contributed by atoms with Gasteiger partial charge in [-0.3, -0.25) is 4.90 Å². The van der Waals surface area contributed by atoms with Crippen LogP contribution in [0, 0.1) is 6.92 Å². The minimum absolute atomic E-state index is 0.0489. The number of fused-ring (bicyclic) bond motifs is 1. The third-order valence-corrected chi connectivity index (χ3v) is 6.98. The Morgan fingerprint density at radius 2 is 2.00 bits per heavy atom. The van der Waals surface area contributed by atoms with Gasteiger partial charge in [-0.1, -0.05) is 48.1 Å². The summed E-state index contributed by atoms with van der Waals surface area (Å²) in [6, 6.07) is 8.46. The van der Waals surface area contributed by atoms with E-state index in [9.17, 15) is 5.11 Å². The summed E-state index contributed by atoms with van der Waals surface area (Å²) in [5.74, 6) is 0.523. The Morgan fingerprint density at radius 3 is 2.66 bits per heavy atom. The summed E-state index contributed by atoms with van der Waals surface area (Å²) in [5, 5.41) is 15.5. The lowest BCUT2D eigenvalue weighted by Crippen LogP contribution is -2.46. The number of hydrogen-bond acceptors (Lipinski definition) is 7. The molecule has 29 heavy (non-hydrogen) atoms. The van der Waals surface area contributed by atoms with Gasteiger partial charge in [-0.25, -0.2) is 4.98 Å². The minimum atomic E-state index is -0.419. The Labute approximate surface area is 173 Å². The van der Waals surface area contributed by atoms with Crippen molar-refractivity contribution < 1.29 is 14.6 Å². The third-order valence-electron chi connectivity index (χ3n) is 5.90. The van der Waals surface area contributed by atoms with Crippen LogP contribution >= 0.6 is 11.3 Å². The molecule has 3 aromatic rings. The molecule has 5 rings (SSSR count). The van der Waals surface area contributed by atoms with Crippen molar-refractivity contribution in [3.05, 3.63) is 46.1 Å². The fourth-order valence-electron chi connectivity index (χ4n) is 4.40. The minimum Gasteiger partial charge on any atom is -0.492 e. The normalized spacial score (nSPS) is 20.6. The average Bonchev–Trinajstić information content (AvgIpc) is 3.42. The molecule has 2 aliphatic rings. The molecule has 154 valence electrons. The lowest BCUT2D eigenvalue weighted by atomic mass is 9.96. The largest absolute Gasteiger partial charge is 0.492 e. The quantitative estimate of drug-likeness (QED) is 0.706. The van der Waals surface area contributed by atoms with Crippen molar-refractivity contribution >= 4 is 16.3 Å². The van der Waals surface area contributed by atoms with Crippen LogP contribution in [0.1, 0.15) is 47.6 Å². The summed E-state index contributed by atoms with van der Waals surface area (Å²) in [6.07, 6.45) is 2.41. The van der Waals surface area contributed by atoms with Crippen LogP contribution in [0.15, 0.2) is 24.3 Å². The van der Waals surface area contributed by atoms with Crippen molar-refractivity contribution in [3.63, 3.8) is 0 Å². The maximum atomic E-state index is 11.0. The fourth-order valence-corrected chi connectivity index (χ4v) is 5.53. The van der Waals surface area contributed by atoms with Crippen molar-refractivity contribution in [2.75, 3.05) is 26.3 Å². The molecule has 1 spiro atoms. The van der Waals surface area contributed by atoms with Crippen LogP contribution in [0.2, 0.25) is 0 Å². The van der Waals surface area contributed by atoms with E-state index in [2.05, 4.69) is 46.2 Å². The number of ether oxygens (including phenoxy) is 2. The number of aromatic nitrogens is 3. The maximum Gasteiger partial charge on any atom is 0.230 e. The highest BCUT2D eigenvalue weighted by molar-refractivity contribution is 7.17. The molecule has 1 aromatic carbocycles. The smallest absolute Gasteiger partial charge is 0.230 e. The Balaban J connectivity index is 1.53. The number of aryl methyl sites for hydroxylation is 2. The van der Waals surface area contributed by atoms with E-state index in [0.717, 1.165) is 48.0 Å². The van der Waals surface area contributed by atoms with Crippen LogP contribution in [0.25, 0.3) is 4.96 Å². The standard InChI is InChI=1S/C21H26N4O3S/c1-3-16-22-20-25(23-16)19(26)18(29-20)17(15-6-4-5-14(2)13-15)24-9-7-21(8-10-24)27-11-12-28-21/h4-6,13,17,26H,3,7-12H2,1-2H3/t17-/m1/s1. The molecule has 8 heteroatoms. The van der Waals surface area contributed by atoms with Gasteiger partial charge in [-0.2, -0.15) is 4.52 Å². The molecule has 2 aromatic heterocycles. The van der Waals surface area contributed by atoms with E-state index in [0.29, 0.717) is 13.2 Å². The van der Waals surface area contributed by atoms with Gasteiger partial charge in [0.05, 0.1) is 24.1 Å². The molecule has 0 unspecified atom stereocenters. The van der Waals surface area contributed by atoms with Crippen LogP contribution < -0.4 is 0 Å². The molecule has 0 bridgehead atoms. The Hall–Kier alpha value is -2.00. The lowest BCUT2D eigenvalue weighted by Gasteiger charge is -2.41. The van der Waals surface area contributed by atoms with Gasteiger partial charge in [0.1, 0.15) is 0 Å². The summed E-state index contributed by atoms with van der Waals surface area (Å²) in [5.41, 5.74) is 2.38. The van der Waals surface area contributed by atoms with E-state index in [1.165, 1.54) is 22.5 Å². The second-order valence-electron chi connectivity index (χ2n) is 7.83. The van der Waals surface area contributed by atoms with Gasteiger partial charge in [0.2, 0.25) is 10.8 Å². The molecule has 0 amide bonds. The molecule has 2 fully saturated rings. The monoisotopic (exact) mass is 414 g/mol. The molecule has 2 aliphatic heterocycles. The molecular formula is C21H26N4O3S. The van der Waals surface area contributed by atoms with Crippen LogP contribution in [-0.4, -0.2) is 56.7 Å². The number of piperidine rings is 1. The van der Waals surface area contributed by atoms with Gasteiger partial charge >= 0.3 is 0 Å². The molecular weight excluding hydrogens is 388 g/mol. The summed E-state index contributed by atoms with van der Waals surface area (Å²) in [6.45, 7) is 7.15. The number of thiazole rings is 1. The Bertz CT molecular complexity index is 1010. The molecule has 4 heterocycles. The van der Waals surface area contributed by atoms with Crippen molar-refractivity contribution in [2.45, 2.75) is 44.9 Å². The predicted molar refractivity (Wildman–Crippen MR) is 110 cm³/mol. The SMILES string of the molecule is CCc1nc2sc([C@@H](c3cccc(C)c3)N3CCC4(CC3)OCCO4)c(O)n2n1. The lowest BCUT2D eigenvalue weighted by molar-refractivity contribution is -0.187. The highest BCUT2D eigenvalue weighted by atomic mass is 32.1. The fraction of sp³-hybridized carbons (Fsp3) is 0.524. The number of aromatic hydroxyl groups is 1. The summed E-state index contributed by atoms with van der Waals surface area (Å²) < 4.78 is 13.4. The van der Waals surface area contributed by atoms with Crippen molar-refractivity contribution in [3.8, 4) is 5.88 Å². The van der Waals surface area contributed by atoms with E-state index in [-0.39, 0.29) is 11.9 Å². The van der Waals surface area contributed by atoms with Crippen LogP contribution in [0.3, 0.4) is 0 Å². The molecule has 7 nitrogen and oxygen atoms in total. The second-order valence-corrected chi connectivity index (χ2v) is 8.84. The van der Waals surface area contributed by atoms with E-state index in [1.807, 2.05) is 6.92 Å². The van der Waals surface area contributed by atoms with Gasteiger partial charge in [0, 0.05) is 32.4 Å². The summed E-state index contributed by atoms with van der Waals surface area (Å²) in [4.78, 5) is 8.60. The zero-order valence-electron chi connectivity index (χ0n) is 16.8. The topological polar surface area (TPSA) is 72.1 Å². The second kappa shape index (κ2) is 7.36. The average molecular weight is 415 g/mol. The van der Waals surface area contributed by atoms with Crippen molar-refractivity contribution in [2.24, 2.45) is 0 Å². The van der Waals surface area contributed by atoms with Gasteiger partial charge in [0.25, 0.3) is 0 Å². The molecule has 0 saturated carbocycles. The first-order valence-electron chi connectivity index (χ1n) is 10.2. The van der Waals surface area contributed by atoms with Gasteiger partial charge in [-0.15, -0.1) is 5.10 Å². The first-order valence-corrected chi connectivity index (χ1v) is 11.1. The van der Waals surface area contributed by atoms with E-state index >= 15 is 0 Å². The number of hydrogen-bond donors (Lipinski definition) is 1. The van der Waals surface area contributed by atoms with E-state index < -0.39 is 5.79 Å². The van der Waals surface area contributed by atoms with Gasteiger partial charge < -0.3 is 14.6 Å². The molecule has 0 radical (unpaired) electrons. The van der Waals surface area contributed by atoms with E-state index in [1.54, 1.807) is 4.52 Å². The zero-order valence-corrected chi connectivity index (χ0v) is 17.6. The summed E-state index contributed by atoms with van der Waals surface area (Å²) in [7, 11) is 0. The Kier molecular flexibility index (Phi) is 4.82. The van der Waals surface area contributed by atoms with Gasteiger partial charge in [0.15, 0.2) is 11.6 Å². The van der Waals surface area contributed by atoms with Crippen LogP contribution in [0.4, 0.5) is 0 Å². The van der Waals surface area contributed by atoms with Crippen molar-refractivity contribution in [1.29, 1.82) is 0 Å². The number of benzene rings is 1. The third kappa shape index (κ3) is 3.34. The van der Waals surface area contributed by atoms with E-state index in [4.69, 9.17) is 9.47 Å². The predicted octanol–water partition coefficient (Wildman–Crippen LogP) is 3.30. The number of nitrogens with zero attached hydrogens (tertiary/aromatic N) is 4. The zero-order chi connectivity index (χ0) is 20.0. The molecule has 0 aliphatic carbocycles. The molecule has 1 N–H and O–H groups in total. The highest BCUT2D eigenvalue weighted by Gasteiger charge is 2.42.